The summed E-state index contributed by atoms with van der Waals surface area (Å²) in [6.45, 7) is 2.15. The van der Waals surface area contributed by atoms with Crippen LogP contribution < -0.4 is 5.56 Å². The number of fused-ring (bicyclic) bond motifs is 1. The van der Waals surface area contributed by atoms with Gasteiger partial charge in [0.05, 0.1) is 18.1 Å². The number of carbonyl (C=O) groups is 1. The lowest BCUT2D eigenvalue weighted by atomic mass is 10.4. The maximum Gasteiger partial charge on any atom is 0.315 e. The Kier molecular flexibility index (Phi) is 5.19. The molecule has 0 unspecified atom stereocenters. The molecule has 0 N–H and O–H groups in total. The number of hydrogen-bond donors (Lipinski definition) is 0. The number of nitrogens with zero attached hydrogens (tertiary/aromatic N) is 2. The molecule has 0 fully saturated rings. The highest BCUT2D eigenvalue weighted by Gasteiger charge is 2.06. The molecular weight excluding hydrogens is 344 g/mol. The zero-order chi connectivity index (χ0) is 14.5. The average Bonchev–Trinajstić information content (AvgIpc) is 2.40. The van der Waals surface area contributed by atoms with E-state index in [1.807, 2.05) is 6.07 Å². The van der Waals surface area contributed by atoms with E-state index in [4.69, 9.17) is 4.74 Å². The molecule has 0 aromatic carbocycles. The average molecular weight is 357 g/mol. The minimum absolute atomic E-state index is 0.136. The molecule has 2 rings (SSSR count). The molecule has 7 heteroatoms. The minimum Gasteiger partial charge on any atom is -0.465 e. The van der Waals surface area contributed by atoms with E-state index in [0.29, 0.717) is 23.7 Å². The topological polar surface area (TPSA) is 60.7 Å². The van der Waals surface area contributed by atoms with Gasteiger partial charge < -0.3 is 4.74 Å². The predicted molar refractivity (Wildman–Crippen MR) is 82.0 cm³/mol. The monoisotopic (exact) mass is 356 g/mol. The predicted octanol–water partition coefficient (Wildman–Crippen LogP) is 2.25. The van der Waals surface area contributed by atoms with Crippen molar-refractivity contribution in [2.75, 3.05) is 12.4 Å². The van der Waals surface area contributed by atoms with Crippen LogP contribution in [0.5, 0.6) is 0 Å². The van der Waals surface area contributed by atoms with Crippen molar-refractivity contribution in [2.24, 2.45) is 0 Å². The molecule has 2 heterocycles. The van der Waals surface area contributed by atoms with Gasteiger partial charge in [-0.3, -0.25) is 14.0 Å². The molecule has 0 saturated heterocycles. The third-order valence-corrected chi connectivity index (χ3v) is 3.86. The Labute approximate surface area is 128 Å². The van der Waals surface area contributed by atoms with Crippen LogP contribution in [-0.4, -0.2) is 27.7 Å². The number of thioether (sulfide) groups is 1. The van der Waals surface area contributed by atoms with Crippen molar-refractivity contribution in [1.82, 2.24) is 9.38 Å². The molecule has 5 nitrogen and oxygen atoms in total. The van der Waals surface area contributed by atoms with E-state index in [-0.39, 0.29) is 17.3 Å². The van der Waals surface area contributed by atoms with Gasteiger partial charge in [0, 0.05) is 22.5 Å². The minimum atomic E-state index is -0.251. The first kappa shape index (κ1) is 15.1. The molecule has 106 valence electrons. The number of esters is 1. The van der Waals surface area contributed by atoms with Gasteiger partial charge in [-0.2, -0.15) is 0 Å². The standard InChI is InChI=1S/C13H13BrN2O3S/c1-2-19-13(18)8-20-7-10-5-12(17)16-6-9(14)3-4-11(16)15-10/h3-6H,2,7-8H2,1H3. The van der Waals surface area contributed by atoms with Crippen molar-refractivity contribution >= 4 is 39.3 Å². The molecule has 0 saturated carbocycles. The van der Waals surface area contributed by atoms with E-state index in [1.165, 1.54) is 22.2 Å². The first-order valence-electron chi connectivity index (χ1n) is 6.01. The third-order valence-electron chi connectivity index (χ3n) is 2.45. The Morgan fingerprint density at radius 3 is 3.05 bits per heavy atom. The molecule has 0 bridgehead atoms. The number of rotatable bonds is 5. The van der Waals surface area contributed by atoms with E-state index >= 15 is 0 Å². The Balaban J connectivity index is 2.10. The van der Waals surface area contributed by atoms with E-state index in [9.17, 15) is 9.59 Å². The molecular formula is C13H13BrN2O3S. The lowest BCUT2D eigenvalue weighted by Gasteiger charge is -2.04. The van der Waals surface area contributed by atoms with Crippen LogP contribution in [0.2, 0.25) is 0 Å². The maximum atomic E-state index is 12.0. The Morgan fingerprint density at radius 2 is 2.30 bits per heavy atom. The number of carbonyl (C=O) groups excluding carboxylic acids is 1. The molecule has 2 aromatic rings. The van der Waals surface area contributed by atoms with Gasteiger partial charge >= 0.3 is 5.97 Å². The lowest BCUT2D eigenvalue weighted by molar-refractivity contribution is -0.139. The Morgan fingerprint density at radius 1 is 1.50 bits per heavy atom. The molecule has 0 radical (unpaired) electrons. The Hall–Kier alpha value is -1.34. The summed E-state index contributed by atoms with van der Waals surface area (Å²) in [6.07, 6.45) is 1.68. The summed E-state index contributed by atoms with van der Waals surface area (Å²) in [5.74, 6) is 0.509. The summed E-state index contributed by atoms with van der Waals surface area (Å²) < 4.78 is 7.13. The highest BCUT2D eigenvalue weighted by atomic mass is 79.9. The number of hydrogen-bond acceptors (Lipinski definition) is 5. The SMILES string of the molecule is CCOC(=O)CSCc1cc(=O)n2cc(Br)ccc2n1. The van der Waals surface area contributed by atoms with Crippen LogP contribution in [0.3, 0.4) is 0 Å². The van der Waals surface area contributed by atoms with Gasteiger partial charge in [0.1, 0.15) is 5.65 Å². The molecule has 0 spiro atoms. The van der Waals surface area contributed by atoms with Crippen LogP contribution in [0, 0.1) is 0 Å². The highest BCUT2D eigenvalue weighted by molar-refractivity contribution is 9.10. The summed E-state index contributed by atoms with van der Waals surface area (Å²) in [6, 6.07) is 5.08. The van der Waals surface area contributed by atoms with Crippen molar-refractivity contribution in [1.29, 1.82) is 0 Å². The fourth-order valence-corrected chi connectivity index (χ4v) is 2.69. The summed E-state index contributed by atoms with van der Waals surface area (Å²) in [4.78, 5) is 27.6. The van der Waals surface area contributed by atoms with Crippen LogP contribution in [0.15, 0.2) is 33.7 Å². The van der Waals surface area contributed by atoms with Gasteiger partial charge in [-0.1, -0.05) is 0 Å². The largest absolute Gasteiger partial charge is 0.465 e. The summed E-state index contributed by atoms with van der Waals surface area (Å²) in [7, 11) is 0. The molecule has 0 aliphatic rings. The molecule has 0 amide bonds. The fraction of sp³-hybridized carbons (Fsp3) is 0.308. The second-order valence-electron chi connectivity index (χ2n) is 3.96. The zero-order valence-electron chi connectivity index (χ0n) is 10.8. The summed E-state index contributed by atoms with van der Waals surface area (Å²) >= 11 is 4.70. The molecule has 20 heavy (non-hydrogen) atoms. The van der Waals surface area contributed by atoms with Gasteiger partial charge in [0.15, 0.2) is 0 Å². The first-order valence-corrected chi connectivity index (χ1v) is 7.96. The van der Waals surface area contributed by atoms with Crippen molar-refractivity contribution in [3.63, 3.8) is 0 Å². The van der Waals surface area contributed by atoms with Crippen LogP contribution >= 0.6 is 27.7 Å². The smallest absolute Gasteiger partial charge is 0.315 e. The number of halogens is 1. The van der Waals surface area contributed by atoms with Gasteiger partial charge in [-0.05, 0) is 35.0 Å². The van der Waals surface area contributed by atoms with Crippen molar-refractivity contribution in [3.05, 3.63) is 44.9 Å². The van der Waals surface area contributed by atoms with Crippen molar-refractivity contribution in [3.8, 4) is 0 Å². The van der Waals surface area contributed by atoms with Crippen LogP contribution in [0.1, 0.15) is 12.6 Å². The maximum absolute atomic E-state index is 12.0. The third kappa shape index (κ3) is 3.83. The van der Waals surface area contributed by atoms with Crippen molar-refractivity contribution < 1.29 is 9.53 Å². The van der Waals surface area contributed by atoms with Gasteiger partial charge in [0.25, 0.3) is 5.56 Å². The molecule has 0 aliphatic heterocycles. The number of ether oxygens (including phenoxy) is 1. The van der Waals surface area contributed by atoms with E-state index in [1.54, 1.807) is 19.2 Å². The van der Waals surface area contributed by atoms with E-state index in [2.05, 4.69) is 20.9 Å². The quantitative estimate of drug-likeness (QED) is 0.769. The van der Waals surface area contributed by atoms with Crippen LogP contribution in [-0.2, 0) is 15.3 Å². The highest BCUT2D eigenvalue weighted by Crippen LogP contribution is 2.12. The summed E-state index contributed by atoms with van der Waals surface area (Å²) in [5.41, 5.74) is 1.11. The van der Waals surface area contributed by atoms with E-state index < -0.39 is 0 Å². The number of pyridine rings is 1. The summed E-state index contributed by atoms with van der Waals surface area (Å²) in [5, 5.41) is 0. The number of aromatic nitrogens is 2. The van der Waals surface area contributed by atoms with Gasteiger partial charge in [-0.25, -0.2) is 4.98 Å². The van der Waals surface area contributed by atoms with E-state index in [0.717, 1.165) is 4.47 Å². The lowest BCUT2D eigenvalue weighted by Crippen LogP contribution is -2.15. The molecule has 2 aromatic heterocycles. The zero-order valence-corrected chi connectivity index (χ0v) is 13.2. The van der Waals surface area contributed by atoms with Gasteiger partial charge in [0.2, 0.25) is 0 Å². The Bertz CT molecular complexity index is 687. The normalized spacial score (nSPS) is 10.7. The fourth-order valence-electron chi connectivity index (χ4n) is 1.64. The second-order valence-corrected chi connectivity index (χ2v) is 5.86. The molecule has 0 atom stereocenters. The molecule has 0 aliphatic carbocycles. The van der Waals surface area contributed by atoms with Crippen LogP contribution in [0.25, 0.3) is 5.65 Å². The van der Waals surface area contributed by atoms with Crippen molar-refractivity contribution in [2.45, 2.75) is 12.7 Å². The van der Waals surface area contributed by atoms with Gasteiger partial charge in [-0.15, -0.1) is 11.8 Å². The van der Waals surface area contributed by atoms with Crippen LogP contribution in [0.4, 0.5) is 0 Å². The first-order chi connectivity index (χ1) is 9.60. The second kappa shape index (κ2) is 6.90.